The summed E-state index contributed by atoms with van der Waals surface area (Å²) in [6.45, 7) is 6.47. The van der Waals surface area contributed by atoms with Crippen molar-refractivity contribution in [3.8, 4) is 11.5 Å². The van der Waals surface area contributed by atoms with E-state index in [0.29, 0.717) is 24.0 Å². The number of ether oxygens (including phenoxy) is 2. The Balaban J connectivity index is 1.36. The number of carbonyl (C=O) groups excluding carboxylic acids is 1. The maximum Gasteiger partial charge on any atom is 0.253 e. The van der Waals surface area contributed by atoms with E-state index < -0.39 is 0 Å². The molecule has 0 bridgehead atoms. The molecule has 1 aliphatic rings. The Kier molecular flexibility index (Phi) is 8.19. The number of methoxy groups -OCH3 is 1. The molecule has 1 fully saturated rings. The fraction of sp³-hybridized carbons (Fsp3) is 0.333. The zero-order valence-electron chi connectivity index (χ0n) is 20.9. The zero-order chi connectivity index (χ0) is 24.6. The molecule has 182 valence electrons. The smallest absolute Gasteiger partial charge is 0.253 e. The lowest BCUT2D eigenvalue weighted by Crippen LogP contribution is -2.35. The first kappa shape index (κ1) is 24.5. The standard InChI is InChI=1S/C30H34N2O3/c1-22(2)25-12-14-27(15-13-25)31-20-24-9-16-28(29(19-24)34-3)35-21-23-7-10-26(11-8-23)30(33)32-17-5-4-6-18-32/h7-16,19-20,22H,4-6,17-18,21H2,1-3H3. The van der Waals surface area contributed by atoms with Gasteiger partial charge >= 0.3 is 0 Å². The zero-order valence-corrected chi connectivity index (χ0v) is 20.9. The molecule has 5 heteroatoms. The number of hydrogen-bond donors (Lipinski definition) is 0. The van der Waals surface area contributed by atoms with E-state index in [1.165, 1.54) is 12.0 Å². The molecule has 1 amide bonds. The SMILES string of the molecule is COc1cc(C=Nc2ccc(C(C)C)cc2)ccc1OCc1ccc(C(=O)N2CCCCC2)cc1. The highest BCUT2D eigenvalue weighted by atomic mass is 16.5. The maximum atomic E-state index is 12.7. The molecule has 0 saturated carbocycles. The number of likely N-dealkylation sites (tertiary alicyclic amines) is 1. The van der Waals surface area contributed by atoms with Gasteiger partial charge in [-0.1, -0.05) is 38.1 Å². The van der Waals surface area contributed by atoms with Crippen molar-refractivity contribution < 1.29 is 14.3 Å². The summed E-state index contributed by atoms with van der Waals surface area (Å²) < 4.78 is 11.6. The van der Waals surface area contributed by atoms with Gasteiger partial charge < -0.3 is 14.4 Å². The molecule has 3 aromatic carbocycles. The molecule has 4 rings (SSSR count). The quantitative estimate of drug-likeness (QED) is 0.341. The lowest BCUT2D eigenvalue weighted by molar-refractivity contribution is 0.0724. The molecule has 0 aliphatic carbocycles. The molecule has 0 atom stereocenters. The van der Waals surface area contributed by atoms with E-state index in [1.54, 1.807) is 7.11 Å². The minimum absolute atomic E-state index is 0.118. The normalized spacial score (nSPS) is 13.9. The van der Waals surface area contributed by atoms with E-state index in [2.05, 4.69) is 31.0 Å². The average Bonchev–Trinajstić information content (AvgIpc) is 2.91. The number of carbonyl (C=O) groups is 1. The van der Waals surface area contributed by atoms with Crippen LogP contribution in [-0.4, -0.2) is 37.2 Å². The van der Waals surface area contributed by atoms with E-state index in [1.807, 2.05) is 65.7 Å². The van der Waals surface area contributed by atoms with Crippen LogP contribution in [0.1, 0.15) is 66.1 Å². The van der Waals surface area contributed by atoms with Gasteiger partial charge in [-0.2, -0.15) is 0 Å². The largest absolute Gasteiger partial charge is 0.493 e. The van der Waals surface area contributed by atoms with Crippen LogP contribution >= 0.6 is 0 Å². The minimum atomic E-state index is 0.118. The predicted octanol–water partition coefficient (Wildman–Crippen LogP) is 6.77. The molecule has 35 heavy (non-hydrogen) atoms. The Morgan fingerprint density at radius 2 is 1.66 bits per heavy atom. The Morgan fingerprint density at radius 1 is 0.943 bits per heavy atom. The summed E-state index contributed by atoms with van der Waals surface area (Å²) >= 11 is 0. The number of aliphatic imine (C=N–C) groups is 1. The van der Waals surface area contributed by atoms with Crippen molar-refractivity contribution in [3.05, 3.63) is 89.0 Å². The second-order valence-electron chi connectivity index (χ2n) is 9.25. The Hall–Kier alpha value is -3.60. The molecule has 0 aromatic heterocycles. The highest BCUT2D eigenvalue weighted by molar-refractivity contribution is 5.94. The van der Waals surface area contributed by atoms with Gasteiger partial charge in [0.05, 0.1) is 12.8 Å². The van der Waals surface area contributed by atoms with Crippen molar-refractivity contribution in [2.24, 2.45) is 4.99 Å². The number of nitrogens with zero attached hydrogens (tertiary/aromatic N) is 2. The number of amides is 1. The van der Waals surface area contributed by atoms with Gasteiger partial charge in [0.2, 0.25) is 0 Å². The molecule has 3 aromatic rings. The Bertz CT molecular complexity index is 1150. The third kappa shape index (κ3) is 6.50. The molecule has 1 saturated heterocycles. The van der Waals surface area contributed by atoms with Gasteiger partial charge in [-0.25, -0.2) is 0 Å². The highest BCUT2D eigenvalue weighted by Crippen LogP contribution is 2.29. The van der Waals surface area contributed by atoms with Crippen molar-refractivity contribution in [2.75, 3.05) is 20.2 Å². The molecule has 1 heterocycles. The summed E-state index contributed by atoms with van der Waals surface area (Å²) in [7, 11) is 1.63. The van der Waals surface area contributed by atoms with E-state index in [9.17, 15) is 4.79 Å². The molecule has 5 nitrogen and oxygen atoms in total. The molecule has 0 radical (unpaired) electrons. The van der Waals surface area contributed by atoms with Crippen LogP contribution < -0.4 is 9.47 Å². The van der Waals surface area contributed by atoms with Crippen LogP contribution in [0.5, 0.6) is 11.5 Å². The fourth-order valence-electron chi connectivity index (χ4n) is 4.16. The maximum absolute atomic E-state index is 12.7. The third-order valence-corrected chi connectivity index (χ3v) is 6.35. The van der Waals surface area contributed by atoms with E-state index >= 15 is 0 Å². The van der Waals surface area contributed by atoms with E-state index in [0.717, 1.165) is 48.3 Å². The monoisotopic (exact) mass is 470 g/mol. The van der Waals surface area contributed by atoms with Gasteiger partial charge in [-0.05, 0) is 84.3 Å². The molecule has 1 aliphatic heterocycles. The number of hydrogen-bond acceptors (Lipinski definition) is 4. The molecule has 0 N–H and O–H groups in total. The van der Waals surface area contributed by atoms with Gasteiger partial charge in [0, 0.05) is 24.9 Å². The van der Waals surface area contributed by atoms with Gasteiger partial charge in [-0.3, -0.25) is 9.79 Å². The second-order valence-corrected chi connectivity index (χ2v) is 9.25. The first-order valence-corrected chi connectivity index (χ1v) is 12.4. The van der Waals surface area contributed by atoms with Gasteiger partial charge in [-0.15, -0.1) is 0 Å². The van der Waals surface area contributed by atoms with Crippen LogP contribution in [0.2, 0.25) is 0 Å². The van der Waals surface area contributed by atoms with Crippen molar-refractivity contribution in [2.45, 2.75) is 45.6 Å². The van der Waals surface area contributed by atoms with Crippen LogP contribution in [0.3, 0.4) is 0 Å². The van der Waals surface area contributed by atoms with E-state index in [4.69, 9.17) is 9.47 Å². The van der Waals surface area contributed by atoms with E-state index in [-0.39, 0.29) is 5.91 Å². The minimum Gasteiger partial charge on any atom is -0.493 e. The summed E-state index contributed by atoms with van der Waals surface area (Å²) in [4.78, 5) is 19.2. The summed E-state index contributed by atoms with van der Waals surface area (Å²) in [5, 5.41) is 0. The summed E-state index contributed by atoms with van der Waals surface area (Å²) in [5.41, 5.74) is 4.88. The first-order chi connectivity index (χ1) is 17.0. The van der Waals surface area contributed by atoms with Gasteiger partial charge in [0.15, 0.2) is 11.5 Å². The average molecular weight is 471 g/mol. The molecule has 0 unspecified atom stereocenters. The van der Waals surface area contributed by atoms with Crippen LogP contribution in [0.25, 0.3) is 0 Å². The number of rotatable bonds is 8. The third-order valence-electron chi connectivity index (χ3n) is 6.35. The number of piperidine rings is 1. The van der Waals surface area contributed by atoms with Crippen molar-refractivity contribution in [1.82, 2.24) is 4.90 Å². The van der Waals surface area contributed by atoms with Gasteiger partial charge in [0.25, 0.3) is 5.91 Å². The summed E-state index contributed by atoms with van der Waals surface area (Å²) in [6, 6.07) is 21.8. The summed E-state index contributed by atoms with van der Waals surface area (Å²) in [6.07, 6.45) is 5.23. The van der Waals surface area contributed by atoms with Gasteiger partial charge in [0.1, 0.15) is 6.61 Å². The highest BCUT2D eigenvalue weighted by Gasteiger charge is 2.18. The van der Waals surface area contributed by atoms with Crippen LogP contribution in [0.4, 0.5) is 5.69 Å². The van der Waals surface area contributed by atoms with Crippen LogP contribution in [-0.2, 0) is 6.61 Å². The molecule has 0 spiro atoms. The molecular weight excluding hydrogens is 436 g/mol. The lowest BCUT2D eigenvalue weighted by atomic mass is 10.0. The fourth-order valence-corrected chi connectivity index (χ4v) is 4.16. The second kappa shape index (κ2) is 11.7. The Morgan fingerprint density at radius 3 is 2.31 bits per heavy atom. The van der Waals surface area contributed by atoms with Crippen LogP contribution in [0, 0.1) is 0 Å². The summed E-state index contributed by atoms with van der Waals surface area (Å²) in [5.74, 6) is 1.94. The Labute approximate surface area is 208 Å². The first-order valence-electron chi connectivity index (χ1n) is 12.4. The topological polar surface area (TPSA) is 51.1 Å². The number of benzene rings is 3. The van der Waals surface area contributed by atoms with Crippen molar-refractivity contribution in [1.29, 1.82) is 0 Å². The van der Waals surface area contributed by atoms with Crippen molar-refractivity contribution in [3.63, 3.8) is 0 Å². The van der Waals surface area contributed by atoms with Crippen molar-refractivity contribution >= 4 is 17.8 Å². The predicted molar refractivity (Wildman–Crippen MR) is 141 cm³/mol. The lowest BCUT2D eigenvalue weighted by Gasteiger charge is -2.26. The molecular formula is C30H34N2O3. The van der Waals surface area contributed by atoms with Crippen LogP contribution in [0.15, 0.2) is 71.7 Å².